The van der Waals surface area contributed by atoms with Crippen LogP contribution in [-0.4, -0.2) is 80.0 Å². The minimum atomic E-state index is -0.335. The van der Waals surface area contributed by atoms with Gasteiger partial charge in [-0.15, -0.1) is 0 Å². The molecule has 0 aliphatic carbocycles. The van der Waals surface area contributed by atoms with Crippen molar-refractivity contribution in [3.05, 3.63) is 0 Å². The van der Waals surface area contributed by atoms with Crippen LogP contribution < -0.4 is 5.73 Å². The van der Waals surface area contributed by atoms with Crippen molar-refractivity contribution in [3.63, 3.8) is 0 Å². The van der Waals surface area contributed by atoms with Gasteiger partial charge in [-0.1, -0.05) is 13.3 Å². The lowest BCUT2D eigenvalue weighted by molar-refractivity contribution is -0.131. The summed E-state index contributed by atoms with van der Waals surface area (Å²) in [5.74, 6) is 0.0728. The van der Waals surface area contributed by atoms with Crippen molar-refractivity contribution in [1.29, 1.82) is 0 Å². The molecule has 1 rings (SSSR count). The molecule has 1 fully saturated rings. The molecule has 0 bridgehead atoms. The number of piperidine rings is 1. The van der Waals surface area contributed by atoms with Crippen LogP contribution in [0.25, 0.3) is 0 Å². The van der Waals surface area contributed by atoms with Crippen LogP contribution in [0.1, 0.15) is 32.6 Å². The van der Waals surface area contributed by atoms with E-state index >= 15 is 0 Å². The SMILES string of the molecule is CCCC(N)C(=O)N(C)CCN(C)C1CCN(C)CC1. The van der Waals surface area contributed by atoms with Gasteiger partial charge >= 0.3 is 0 Å². The molecule has 0 saturated carbocycles. The zero-order valence-corrected chi connectivity index (χ0v) is 13.6. The van der Waals surface area contributed by atoms with E-state index in [9.17, 15) is 4.79 Å². The molecule has 0 aromatic carbocycles. The highest BCUT2D eigenvalue weighted by molar-refractivity contribution is 5.81. The number of carbonyl (C=O) groups excluding carboxylic acids is 1. The molecule has 1 atom stereocenters. The van der Waals surface area contributed by atoms with Crippen molar-refractivity contribution < 1.29 is 4.79 Å². The van der Waals surface area contributed by atoms with Crippen molar-refractivity contribution >= 4 is 5.91 Å². The lowest BCUT2D eigenvalue weighted by Gasteiger charge is -2.36. The molecule has 0 radical (unpaired) electrons. The fourth-order valence-electron chi connectivity index (χ4n) is 2.75. The molecule has 1 heterocycles. The van der Waals surface area contributed by atoms with Crippen LogP contribution in [0.3, 0.4) is 0 Å². The van der Waals surface area contributed by atoms with Gasteiger partial charge in [-0.25, -0.2) is 0 Å². The number of carbonyl (C=O) groups is 1. The number of hydrogen-bond donors (Lipinski definition) is 1. The topological polar surface area (TPSA) is 52.8 Å². The Bertz CT molecular complexity index is 290. The molecular formula is C15H32N4O. The molecule has 20 heavy (non-hydrogen) atoms. The Kier molecular flexibility index (Phi) is 7.48. The molecule has 5 heteroatoms. The van der Waals surface area contributed by atoms with Gasteiger partial charge in [0.05, 0.1) is 6.04 Å². The smallest absolute Gasteiger partial charge is 0.239 e. The molecule has 0 aromatic heterocycles. The van der Waals surface area contributed by atoms with Gasteiger partial charge in [0.1, 0.15) is 0 Å². The Labute approximate surface area is 124 Å². The summed E-state index contributed by atoms with van der Waals surface area (Å²) in [5.41, 5.74) is 5.88. The van der Waals surface area contributed by atoms with E-state index in [-0.39, 0.29) is 11.9 Å². The lowest BCUT2D eigenvalue weighted by atomic mass is 10.0. The normalized spacial score (nSPS) is 19.3. The zero-order chi connectivity index (χ0) is 15.1. The van der Waals surface area contributed by atoms with Gasteiger partial charge in [-0.3, -0.25) is 4.79 Å². The summed E-state index contributed by atoms with van der Waals surface area (Å²) in [5, 5.41) is 0. The van der Waals surface area contributed by atoms with Gasteiger partial charge < -0.3 is 20.4 Å². The second kappa shape index (κ2) is 8.60. The van der Waals surface area contributed by atoms with Crippen molar-refractivity contribution in [3.8, 4) is 0 Å². The highest BCUT2D eigenvalue weighted by Gasteiger charge is 2.22. The number of amides is 1. The Morgan fingerprint density at radius 3 is 2.45 bits per heavy atom. The lowest BCUT2D eigenvalue weighted by Crippen LogP contribution is -2.47. The van der Waals surface area contributed by atoms with Crippen LogP contribution in [0, 0.1) is 0 Å². The van der Waals surface area contributed by atoms with E-state index in [4.69, 9.17) is 5.73 Å². The van der Waals surface area contributed by atoms with E-state index in [1.165, 1.54) is 25.9 Å². The van der Waals surface area contributed by atoms with E-state index in [0.29, 0.717) is 6.04 Å². The Hall–Kier alpha value is -0.650. The number of rotatable bonds is 7. The van der Waals surface area contributed by atoms with E-state index in [1.54, 1.807) is 4.90 Å². The van der Waals surface area contributed by atoms with Gasteiger partial charge in [0.2, 0.25) is 5.91 Å². The number of nitrogens with two attached hydrogens (primary N) is 1. The van der Waals surface area contributed by atoms with Gasteiger partial charge in [0.15, 0.2) is 0 Å². The molecule has 1 aliphatic heterocycles. The predicted molar refractivity (Wildman–Crippen MR) is 83.7 cm³/mol. The third-order valence-electron chi connectivity index (χ3n) is 4.39. The molecule has 5 nitrogen and oxygen atoms in total. The fraction of sp³-hybridized carbons (Fsp3) is 0.933. The largest absolute Gasteiger partial charge is 0.343 e. The summed E-state index contributed by atoms with van der Waals surface area (Å²) < 4.78 is 0. The summed E-state index contributed by atoms with van der Waals surface area (Å²) in [6.45, 7) is 6.09. The number of nitrogens with zero attached hydrogens (tertiary/aromatic N) is 3. The van der Waals surface area contributed by atoms with Gasteiger partial charge in [-0.2, -0.15) is 0 Å². The fourth-order valence-corrected chi connectivity index (χ4v) is 2.75. The molecule has 0 aromatic rings. The molecule has 1 amide bonds. The maximum absolute atomic E-state index is 12.0. The quantitative estimate of drug-likeness (QED) is 0.744. The van der Waals surface area contributed by atoms with E-state index in [2.05, 4.69) is 30.8 Å². The standard InChI is InChI=1S/C15H32N4O/c1-5-6-14(16)15(20)19(4)12-11-18(3)13-7-9-17(2)10-8-13/h13-14H,5-12,16H2,1-4H3. The predicted octanol–water partition coefficient (Wildman–Crippen LogP) is 0.598. The average molecular weight is 284 g/mol. The van der Waals surface area contributed by atoms with Crippen molar-refractivity contribution in [2.24, 2.45) is 5.73 Å². The first-order valence-corrected chi connectivity index (χ1v) is 7.85. The Morgan fingerprint density at radius 2 is 1.90 bits per heavy atom. The molecule has 1 saturated heterocycles. The maximum atomic E-state index is 12.0. The minimum Gasteiger partial charge on any atom is -0.343 e. The Morgan fingerprint density at radius 1 is 1.30 bits per heavy atom. The minimum absolute atomic E-state index is 0.0728. The van der Waals surface area contributed by atoms with Crippen LogP contribution in [-0.2, 0) is 4.79 Å². The van der Waals surface area contributed by atoms with Crippen LogP contribution in [0.5, 0.6) is 0 Å². The monoisotopic (exact) mass is 284 g/mol. The average Bonchev–Trinajstić information content (AvgIpc) is 2.44. The van der Waals surface area contributed by atoms with Crippen LogP contribution in [0.2, 0.25) is 0 Å². The third kappa shape index (κ3) is 5.38. The van der Waals surface area contributed by atoms with Crippen LogP contribution >= 0.6 is 0 Å². The second-order valence-corrected chi connectivity index (χ2v) is 6.17. The number of likely N-dealkylation sites (N-methyl/N-ethyl adjacent to an activating group) is 2. The molecule has 0 spiro atoms. The Balaban J connectivity index is 2.29. The van der Waals surface area contributed by atoms with Gasteiger partial charge in [0, 0.05) is 26.2 Å². The highest BCUT2D eigenvalue weighted by Crippen LogP contribution is 2.13. The van der Waals surface area contributed by atoms with Crippen LogP contribution in [0.15, 0.2) is 0 Å². The van der Waals surface area contributed by atoms with E-state index in [1.807, 2.05) is 7.05 Å². The molecule has 1 unspecified atom stereocenters. The van der Waals surface area contributed by atoms with Crippen LogP contribution in [0.4, 0.5) is 0 Å². The van der Waals surface area contributed by atoms with E-state index in [0.717, 1.165) is 25.9 Å². The summed E-state index contributed by atoms with van der Waals surface area (Å²) in [6, 6.07) is 0.317. The number of likely N-dealkylation sites (tertiary alicyclic amines) is 1. The third-order valence-corrected chi connectivity index (χ3v) is 4.39. The summed E-state index contributed by atoms with van der Waals surface area (Å²) in [6.07, 6.45) is 4.17. The second-order valence-electron chi connectivity index (χ2n) is 6.17. The van der Waals surface area contributed by atoms with E-state index < -0.39 is 0 Å². The van der Waals surface area contributed by atoms with Crippen molar-refractivity contribution in [2.45, 2.75) is 44.7 Å². The van der Waals surface area contributed by atoms with Gasteiger partial charge in [0.25, 0.3) is 0 Å². The highest BCUT2D eigenvalue weighted by atomic mass is 16.2. The number of hydrogen-bond acceptors (Lipinski definition) is 4. The summed E-state index contributed by atoms with van der Waals surface area (Å²) >= 11 is 0. The summed E-state index contributed by atoms with van der Waals surface area (Å²) in [7, 11) is 6.21. The first-order valence-electron chi connectivity index (χ1n) is 7.85. The van der Waals surface area contributed by atoms with Crippen molar-refractivity contribution in [1.82, 2.24) is 14.7 Å². The first kappa shape index (κ1) is 17.4. The van der Waals surface area contributed by atoms with Gasteiger partial charge in [-0.05, 0) is 46.4 Å². The maximum Gasteiger partial charge on any atom is 0.239 e. The van der Waals surface area contributed by atoms with Crippen molar-refractivity contribution in [2.75, 3.05) is 47.3 Å². The summed E-state index contributed by atoms with van der Waals surface area (Å²) in [4.78, 5) is 18.6. The molecule has 1 aliphatic rings. The first-order chi connectivity index (χ1) is 9.45. The zero-order valence-electron chi connectivity index (χ0n) is 13.6. The molecular weight excluding hydrogens is 252 g/mol. The molecule has 118 valence electrons. The molecule has 2 N–H and O–H groups in total.